The van der Waals surface area contributed by atoms with Gasteiger partial charge in [-0.05, 0) is 157 Å². The van der Waals surface area contributed by atoms with E-state index in [2.05, 4.69) is 153 Å². The van der Waals surface area contributed by atoms with Crippen LogP contribution in [-0.2, 0) is 94.9 Å². The fraction of sp³-hybridized carbons (Fsp3) is 0.548. The summed E-state index contributed by atoms with van der Waals surface area (Å²) in [7, 11) is 1.25. The van der Waals surface area contributed by atoms with Crippen LogP contribution in [0.3, 0.4) is 0 Å². The van der Waals surface area contributed by atoms with Crippen LogP contribution in [0.15, 0.2) is 125 Å². The molecule has 1 saturated heterocycles. The molecule has 4 fully saturated rings. The van der Waals surface area contributed by atoms with Crippen LogP contribution >= 0.6 is 15.9 Å². The predicted molar refractivity (Wildman–Crippen MR) is 454 cm³/mol. The highest BCUT2D eigenvalue weighted by Crippen LogP contribution is 2.64. The summed E-state index contributed by atoms with van der Waals surface area (Å²) in [5.41, 5.74) is 15.8. The van der Waals surface area contributed by atoms with Crippen LogP contribution in [0.5, 0.6) is 0 Å². The Balaban J connectivity index is 0.000000111. The lowest BCUT2D eigenvalue weighted by molar-refractivity contribution is -0.276. The molecule has 1 aliphatic heterocycles. The number of aliphatic hydroxyl groups is 1. The van der Waals surface area contributed by atoms with E-state index in [4.69, 9.17) is 48.4 Å². The fourth-order valence-electron chi connectivity index (χ4n) is 25.5. The number of nitrogens with zero attached hydrogens (tertiary/aromatic N) is 18. The number of aryl methyl sites for hydroxylation is 5. The summed E-state index contributed by atoms with van der Waals surface area (Å²) in [4.78, 5) is 69.5. The van der Waals surface area contributed by atoms with Crippen molar-refractivity contribution in [3.8, 4) is 0 Å². The summed E-state index contributed by atoms with van der Waals surface area (Å²) in [6.07, 6.45) is 38.0. The van der Waals surface area contributed by atoms with E-state index in [1.165, 1.54) is 46.6 Å². The monoisotopic (exact) mass is 1670 g/mol. The molecule has 11 aliphatic rings. The molecule has 622 valence electrons. The van der Waals surface area contributed by atoms with Crippen molar-refractivity contribution in [1.29, 1.82) is 0 Å². The van der Waals surface area contributed by atoms with Crippen molar-refractivity contribution in [2.75, 3.05) is 13.2 Å². The second kappa shape index (κ2) is 28.6. The molecule has 119 heavy (non-hydrogen) atoms. The Bertz CT molecular complexity index is 6110. The normalized spacial score (nSPS) is 30.2. The van der Waals surface area contributed by atoms with Gasteiger partial charge in [0.1, 0.15) is 5.76 Å². The van der Waals surface area contributed by atoms with Gasteiger partial charge in [-0.2, -0.15) is 25.5 Å². The van der Waals surface area contributed by atoms with E-state index < -0.39 is 33.5 Å². The van der Waals surface area contributed by atoms with Crippen molar-refractivity contribution in [1.82, 2.24) is 78.1 Å². The SMILES string of the molecule is C.CC1(C)C(=O)/C(=C\O)C[C@]2(C)c3nc4ccnn4cc3CC[C@@H]12.CC1(C)[C@@H]2CCc3cnc4ccnn4c3[C@@]2(C)CCC12OCCO2.CC1(C)c2oncc2C[C@]2(C)c3nc4ccnn4cc3CC[C@@H]12.[3H]C.[C-]#[N+]C1=C[C@]2(C)c3nc4c(Br)cnn4cc3CC[C@H]2C(C)(C)C1=O.[C-]#[N+]C1C[C@]2(C)c3nc4ccnn4cc3CC[C@H]2C(C)(C)C1=O. The lowest BCUT2D eigenvalue weighted by Crippen LogP contribution is -2.61. The van der Waals surface area contributed by atoms with E-state index >= 15 is 0 Å². The van der Waals surface area contributed by atoms with Crippen molar-refractivity contribution < 1.29 is 34.9 Å². The zero-order valence-corrected chi connectivity index (χ0v) is 72.2. The lowest BCUT2D eigenvalue weighted by atomic mass is 9.49. The zero-order chi connectivity index (χ0) is 84.5. The fourth-order valence-corrected chi connectivity index (χ4v) is 25.8. The maximum absolute atomic E-state index is 12.7. The minimum atomic E-state index is -0.563. The number of aromatic nitrogens is 16. The summed E-state index contributed by atoms with van der Waals surface area (Å²) >= 11 is 3.49. The van der Waals surface area contributed by atoms with Gasteiger partial charge >= 0.3 is 0 Å². The van der Waals surface area contributed by atoms with Gasteiger partial charge in [-0.15, -0.1) is 0 Å². The Kier molecular flexibility index (Phi) is 19.5. The maximum Gasteiger partial charge on any atom is 0.282 e. The number of rotatable bonds is 0. The summed E-state index contributed by atoms with van der Waals surface area (Å²) in [5, 5.41) is 35.4. The summed E-state index contributed by atoms with van der Waals surface area (Å²) in [5.74, 6) is 2.35. The van der Waals surface area contributed by atoms with Gasteiger partial charge in [0.25, 0.3) is 6.04 Å². The molecule has 22 rings (SSSR count). The zero-order valence-electron chi connectivity index (χ0n) is 71.6. The van der Waals surface area contributed by atoms with E-state index in [9.17, 15) is 19.5 Å². The molecule has 12 heterocycles. The van der Waals surface area contributed by atoms with Crippen LogP contribution in [0.4, 0.5) is 0 Å². The molecule has 1 unspecified atom stereocenters. The van der Waals surface area contributed by atoms with Crippen molar-refractivity contribution in [3.05, 3.63) is 211 Å². The number of carbonyl (C=O) groups is 3. The molecule has 10 aliphatic carbocycles. The van der Waals surface area contributed by atoms with Gasteiger partial charge in [-0.3, -0.25) is 9.59 Å². The van der Waals surface area contributed by atoms with E-state index in [-0.39, 0.29) is 80.7 Å². The molecular formula is C93H111BrN18O7. The molecule has 0 radical (unpaired) electrons. The van der Waals surface area contributed by atoms with Crippen molar-refractivity contribution >= 4 is 61.5 Å². The van der Waals surface area contributed by atoms with Crippen LogP contribution in [0.1, 0.15) is 245 Å². The number of ether oxygens (including phenoxy) is 2. The molecule has 0 amide bonds. The molecule has 1 N–H and O–H groups in total. The number of hydrogen-bond acceptors (Lipinski definition) is 18. The average molecular weight is 1670 g/mol. The maximum atomic E-state index is 12.7. The molecular weight excluding hydrogens is 1560 g/mol. The quantitative estimate of drug-likeness (QED) is 0.0839. The van der Waals surface area contributed by atoms with E-state index in [1.807, 2.05) is 110 Å². The Labute approximate surface area is 705 Å². The Morgan fingerprint density at radius 1 is 0.529 bits per heavy atom. The number of Topliss-reactive ketones (excluding diaryl/α,β-unsaturated/α-hetero) is 3. The number of aliphatic hydroxyl groups excluding tert-OH is 1. The molecule has 26 heteroatoms. The third kappa shape index (κ3) is 12.1. The highest BCUT2D eigenvalue weighted by atomic mass is 79.9. The smallest absolute Gasteiger partial charge is 0.282 e. The number of halogens is 1. The molecule has 25 nitrogen and oxygen atoms in total. The highest BCUT2D eigenvalue weighted by Gasteiger charge is 2.66. The molecule has 11 aromatic heterocycles. The number of allylic oxidation sites excluding steroid dienone is 3. The molecule has 3 saturated carbocycles. The van der Waals surface area contributed by atoms with Gasteiger partial charge in [-0.1, -0.05) is 130 Å². The van der Waals surface area contributed by atoms with Crippen LogP contribution in [0, 0.1) is 64.4 Å². The summed E-state index contributed by atoms with van der Waals surface area (Å²) in [6, 6.07) is 7.21. The van der Waals surface area contributed by atoms with Gasteiger partial charge in [0.2, 0.25) is 11.5 Å². The first-order valence-corrected chi connectivity index (χ1v) is 42.3. The Hall–Kier alpha value is -10.0. The standard InChI is InChI=1S/C19H25N3O2.C18H17BrN4O.2C18H20N4O.C18H21N3O2.2CH4/c1-17(2)14-5-4-13-12-20-15-6-9-21-22(15)16(13)18(14,3)7-8-19(17)23-10-11-24-19;1-17(2)13-6-5-10-9-23-16(11(19)8-21-23)22-14(10)18(13,3)7-12(20-4)15(17)24;1-17(2)13-5-4-11-10-22-14(6-7-19-22)21-15(11)18(13,3)8-12-9-20-23-16(12)17;1-17(2)13-6-5-11-10-22-14(7-8-20-22)21-15(11)18(13,3)9-12(19-4)16(17)23;1-17(2)13-5-4-11-9-21-14(6-7-19-21)20-15(11)18(13,3)8-12(10-22)16(17)23;;/h6,9,12,14H,4-5,7-8,10-11H2,1-3H3;7-9,13H,5-6H2,1-3H3;6-7,9-10,13H,4-5,8H2,1-3H3;7-8,10,12-13H,5-6,9H2,1-3H3;6-7,9-10,13,22H,4-5,8H2,1-3H3;2*1H4/b;;;;12-10-;;/t14-,18-;2*13-,18-;12?,13-,18-;13-,18-;;/m00000../s1/i;;;;;1T;. The van der Waals surface area contributed by atoms with E-state index in [0.717, 1.165) is 164 Å². The largest absolute Gasteiger partial charge is 0.515 e. The molecule has 0 bridgehead atoms. The minimum Gasteiger partial charge on any atom is -0.515 e. The topological polar surface area (TPSA) is 276 Å². The number of fused-ring (bicyclic) bond motifs is 22. The van der Waals surface area contributed by atoms with Crippen LogP contribution in [0.2, 0.25) is 0 Å². The van der Waals surface area contributed by atoms with Crippen molar-refractivity contribution in [2.45, 2.75) is 259 Å². The van der Waals surface area contributed by atoms with Crippen LogP contribution in [0.25, 0.3) is 37.9 Å². The van der Waals surface area contributed by atoms with Crippen LogP contribution < -0.4 is 0 Å². The van der Waals surface area contributed by atoms with Crippen molar-refractivity contribution in [3.63, 3.8) is 0 Å². The second-order valence-electron chi connectivity index (χ2n) is 39.0. The van der Waals surface area contributed by atoms with Gasteiger partial charge in [0, 0.05) is 135 Å². The van der Waals surface area contributed by atoms with Gasteiger partial charge in [0.05, 0.1) is 96.2 Å². The minimum absolute atomic E-state index is 0. The number of hydrogen-bond donors (Lipinski definition) is 1. The van der Waals surface area contributed by atoms with Crippen LogP contribution in [-0.4, -0.2) is 126 Å². The molecule has 0 aromatic carbocycles. The second-order valence-corrected chi connectivity index (χ2v) is 39.9. The van der Waals surface area contributed by atoms with E-state index in [0.29, 0.717) is 30.3 Å². The molecule has 11 atom stereocenters. The molecule has 11 aromatic rings. The van der Waals surface area contributed by atoms with Gasteiger partial charge < -0.3 is 28.7 Å². The number of carbonyl (C=O) groups excluding carboxylic acids is 3. The summed E-state index contributed by atoms with van der Waals surface area (Å²) < 4.78 is 34.0. The first-order valence-electron chi connectivity index (χ1n) is 42.5. The predicted octanol–water partition coefficient (Wildman–Crippen LogP) is 17.0. The van der Waals surface area contributed by atoms with Gasteiger partial charge in [-0.25, -0.2) is 58.9 Å². The Morgan fingerprint density at radius 2 is 1.03 bits per heavy atom. The molecule has 1 spiro atoms. The van der Waals surface area contributed by atoms with Crippen molar-refractivity contribution in [2.24, 2.45) is 51.2 Å². The number of ketones is 3. The lowest BCUT2D eigenvalue weighted by Gasteiger charge is -2.59. The first-order chi connectivity index (χ1) is 56.5. The Morgan fingerprint density at radius 3 is 1.60 bits per heavy atom. The highest BCUT2D eigenvalue weighted by molar-refractivity contribution is 9.10. The first kappa shape index (κ1) is 81.3. The van der Waals surface area contributed by atoms with E-state index in [1.54, 1.807) is 23.1 Å². The summed E-state index contributed by atoms with van der Waals surface area (Å²) in [6.45, 7) is 48.8. The third-order valence-electron chi connectivity index (χ3n) is 30.9. The third-order valence-corrected chi connectivity index (χ3v) is 31.5. The van der Waals surface area contributed by atoms with Gasteiger partial charge in [0.15, 0.2) is 45.6 Å². The average Bonchev–Trinajstić information content (AvgIpc) is 1.35.